The molecule has 1 amide bonds. The highest BCUT2D eigenvalue weighted by atomic mass is 35.5. The van der Waals surface area contributed by atoms with E-state index in [0.717, 1.165) is 18.4 Å². The molecule has 1 aromatic carbocycles. The van der Waals surface area contributed by atoms with Gasteiger partial charge in [-0.05, 0) is 36.5 Å². The fraction of sp³-hybridized carbons (Fsp3) is 0.500. The van der Waals surface area contributed by atoms with Crippen LogP contribution in [0, 0.1) is 0 Å². The largest absolute Gasteiger partial charge is 0.481 e. The van der Waals surface area contributed by atoms with Gasteiger partial charge in [0.1, 0.15) is 0 Å². The predicted molar refractivity (Wildman–Crippen MR) is 84.0 cm³/mol. The molecule has 0 aromatic heterocycles. The summed E-state index contributed by atoms with van der Waals surface area (Å²) in [4.78, 5) is 22.3. The van der Waals surface area contributed by atoms with Gasteiger partial charge < -0.3 is 10.4 Å². The Morgan fingerprint density at radius 3 is 2.52 bits per heavy atom. The minimum atomic E-state index is -0.779. The van der Waals surface area contributed by atoms with Gasteiger partial charge in [-0.3, -0.25) is 9.59 Å². The van der Waals surface area contributed by atoms with Crippen molar-refractivity contribution in [3.05, 3.63) is 34.3 Å². The first-order valence-electron chi connectivity index (χ1n) is 7.21. The fourth-order valence-corrected chi connectivity index (χ4v) is 2.42. The zero-order valence-electron chi connectivity index (χ0n) is 12.5. The van der Waals surface area contributed by atoms with Crippen molar-refractivity contribution < 1.29 is 14.7 Å². The Labute approximate surface area is 130 Å². The Bertz CT molecular complexity index is 500. The van der Waals surface area contributed by atoms with E-state index in [1.165, 1.54) is 0 Å². The Balaban J connectivity index is 2.39. The molecular formula is C16H22ClNO3. The monoisotopic (exact) mass is 311 g/mol. The third-order valence-corrected chi connectivity index (χ3v) is 3.56. The van der Waals surface area contributed by atoms with E-state index in [1.807, 2.05) is 6.07 Å². The number of carbonyl (C=O) groups excluding carboxylic acids is 1. The highest BCUT2D eigenvalue weighted by Gasteiger charge is 2.10. The van der Waals surface area contributed by atoms with Crippen LogP contribution in [0.1, 0.15) is 61.4 Å². The number of aliphatic carboxylic acids is 1. The van der Waals surface area contributed by atoms with Crippen LogP contribution in [0.3, 0.4) is 0 Å². The molecule has 0 bridgehead atoms. The second-order valence-electron chi connectivity index (χ2n) is 5.35. The maximum Gasteiger partial charge on any atom is 0.303 e. The fourth-order valence-electron chi connectivity index (χ4n) is 2.02. The third kappa shape index (κ3) is 6.17. The summed E-state index contributed by atoms with van der Waals surface area (Å²) in [6, 6.07) is 5.35. The van der Waals surface area contributed by atoms with Crippen LogP contribution in [0.15, 0.2) is 18.2 Å². The van der Waals surface area contributed by atoms with E-state index in [9.17, 15) is 9.59 Å². The minimum absolute atomic E-state index is 0.148. The summed E-state index contributed by atoms with van der Waals surface area (Å²) in [7, 11) is 0. The first-order chi connectivity index (χ1) is 9.91. The lowest BCUT2D eigenvalue weighted by atomic mass is 10.0. The van der Waals surface area contributed by atoms with Gasteiger partial charge in [0, 0.05) is 23.6 Å². The Morgan fingerprint density at radius 2 is 1.95 bits per heavy atom. The van der Waals surface area contributed by atoms with Crippen molar-refractivity contribution in [3.8, 4) is 0 Å². The number of carboxylic acid groups (broad SMARTS) is 1. The molecule has 0 heterocycles. The van der Waals surface area contributed by atoms with Gasteiger partial charge in [-0.1, -0.05) is 37.9 Å². The van der Waals surface area contributed by atoms with E-state index in [4.69, 9.17) is 16.7 Å². The van der Waals surface area contributed by atoms with E-state index in [0.29, 0.717) is 29.5 Å². The zero-order chi connectivity index (χ0) is 15.8. The van der Waals surface area contributed by atoms with E-state index in [2.05, 4.69) is 19.2 Å². The van der Waals surface area contributed by atoms with Crippen LogP contribution in [0.25, 0.3) is 0 Å². The van der Waals surface area contributed by atoms with Gasteiger partial charge in [0.05, 0.1) is 0 Å². The molecule has 116 valence electrons. The third-order valence-electron chi connectivity index (χ3n) is 3.24. The van der Waals surface area contributed by atoms with Crippen LogP contribution in [-0.4, -0.2) is 23.5 Å². The SMILES string of the molecule is CC(C)c1ccc(C(=O)NCCCCCC(=O)O)cc1Cl. The molecule has 0 saturated carbocycles. The van der Waals surface area contributed by atoms with Crippen LogP contribution in [-0.2, 0) is 4.79 Å². The van der Waals surface area contributed by atoms with Crippen molar-refractivity contribution in [1.29, 1.82) is 0 Å². The second kappa shape index (κ2) is 8.67. The minimum Gasteiger partial charge on any atom is -0.481 e. The zero-order valence-corrected chi connectivity index (χ0v) is 13.2. The van der Waals surface area contributed by atoms with Gasteiger partial charge >= 0.3 is 5.97 Å². The summed E-state index contributed by atoms with van der Waals surface area (Å²) in [5.74, 6) is -0.604. The van der Waals surface area contributed by atoms with Crippen LogP contribution in [0.5, 0.6) is 0 Å². The Kier molecular flexibility index (Phi) is 7.23. The van der Waals surface area contributed by atoms with Crippen LogP contribution < -0.4 is 5.32 Å². The van der Waals surface area contributed by atoms with Crippen molar-refractivity contribution in [2.75, 3.05) is 6.54 Å². The number of rotatable bonds is 8. The molecular weight excluding hydrogens is 290 g/mol. The van der Waals surface area contributed by atoms with Crippen LogP contribution >= 0.6 is 11.6 Å². The summed E-state index contributed by atoms with van der Waals surface area (Å²) >= 11 is 6.17. The van der Waals surface area contributed by atoms with E-state index in [1.54, 1.807) is 12.1 Å². The lowest BCUT2D eigenvalue weighted by Gasteiger charge is -2.10. The molecule has 0 unspecified atom stereocenters. The highest BCUT2D eigenvalue weighted by Crippen LogP contribution is 2.25. The summed E-state index contributed by atoms with van der Waals surface area (Å²) in [6.45, 7) is 4.65. The van der Waals surface area contributed by atoms with Crippen molar-refractivity contribution in [3.63, 3.8) is 0 Å². The molecule has 0 atom stereocenters. The van der Waals surface area contributed by atoms with E-state index >= 15 is 0 Å². The number of halogens is 1. The molecule has 21 heavy (non-hydrogen) atoms. The number of nitrogens with one attached hydrogen (secondary N) is 1. The van der Waals surface area contributed by atoms with Crippen molar-refractivity contribution in [1.82, 2.24) is 5.32 Å². The van der Waals surface area contributed by atoms with Gasteiger partial charge in [0.2, 0.25) is 0 Å². The first kappa shape index (κ1) is 17.5. The molecule has 4 nitrogen and oxygen atoms in total. The normalized spacial score (nSPS) is 10.7. The summed E-state index contributed by atoms with van der Waals surface area (Å²) in [6.07, 6.45) is 2.39. The molecule has 0 aliphatic rings. The van der Waals surface area contributed by atoms with Gasteiger partial charge in [-0.25, -0.2) is 0 Å². The molecule has 0 aliphatic carbocycles. The molecule has 0 radical (unpaired) electrons. The topological polar surface area (TPSA) is 66.4 Å². The van der Waals surface area contributed by atoms with E-state index < -0.39 is 5.97 Å². The van der Waals surface area contributed by atoms with Gasteiger partial charge in [-0.15, -0.1) is 0 Å². The molecule has 5 heteroatoms. The highest BCUT2D eigenvalue weighted by molar-refractivity contribution is 6.31. The average Bonchev–Trinajstić information content (AvgIpc) is 2.41. The van der Waals surface area contributed by atoms with E-state index in [-0.39, 0.29) is 12.3 Å². The number of carboxylic acids is 1. The van der Waals surface area contributed by atoms with Crippen molar-refractivity contribution in [2.45, 2.75) is 45.4 Å². The van der Waals surface area contributed by atoms with Crippen LogP contribution in [0.4, 0.5) is 0 Å². The van der Waals surface area contributed by atoms with Crippen molar-refractivity contribution >= 4 is 23.5 Å². The van der Waals surface area contributed by atoms with Gasteiger partial charge in [0.25, 0.3) is 5.91 Å². The number of hydrogen-bond donors (Lipinski definition) is 2. The lowest BCUT2D eigenvalue weighted by Crippen LogP contribution is -2.24. The van der Waals surface area contributed by atoms with Gasteiger partial charge in [-0.2, -0.15) is 0 Å². The summed E-state index contributed by atoms with van der Waals surface area (Å²) < 4.78 is 0. The van der Waals surface area contributed by atoms with Gasteiger partial charge in [0.15, 0.2) is 0 Å². The summed E-state index contributed by atoms with van der Waals surface area (Å²) in [5.41, 5.74) is 1.58. The summed E-state index contributed by atoms with van der Waals surface area (Å²) in [5, 5.41) is 11.9. The Hall–Kier alpha value is -1.55. The molecule has 0 spiro atoms. The predicted octanol–water partition coefficient (Wildman–Crippen LogP) is 3.84. The number of unbranched alkanes of at least 4 members (excludes halogenated alkanes) is 2. The maximum absolute atomic E-state index is 12.0. The lowest BCUT2D eigenvalue weighted by molar-refractivity contribution is -0.137. The smallest absolute Gasteiger partial charge is 0.303 e. The number of hydrogen-bond acceptors (Lipinski definition) is 2. The molecule has 1 rings (SSSR count). The second-order valence-corrected chi connectivity index (χ2v) is 5.76. The van der Waals surface area contributed by atoms with Crippen molar-refractivity contribution in [2.24, 2.45) is 0 Å². The first-order valence-corrected chi connectivity index (χ1v) is 7.59. The Morgan fingerprint density at radius 1 is 1.24 bits per heavy atom. The standard InChI is InChI=1S/C16H22ClNO3/c1-11(2)13-8-7-12(10-14(13)17)16(21)18-9-5-3-4-6-15(19)20/h7-8,10-11H,3-6,9H2,1-2H3,(H,18,21)(H,19,20). The average molecular weight is 312 g/mol. The molecule has 0 saturated heterocycles. The number of amides is 1. The maximum atomic E-state index is 12.0. The number of benzene rings is 1. The quantitative estimate of drug-likeness (QED) is 0.717. The molecule has 2 N–H and O–H groups in total. The molecule has 1 aromatic rings. The number of carbonyl (C=O) groups is 2. The molecule has 0 aliphatic heterocycles. The molecule has 0 fully saturated rings. The van der Waals surface area contributed by atoms with Crippen LogP contribution in [0.2, 0.25) is 5.02 Å².